The number of benzene rings is 1. The standard InChI is InChI=1S/C24H24N2O2/c1-5-15-16-9-7-8-10-20(16)25-22-17(15)12-26-21(22)11-19-18(23(26)27)13-28-14(3)24(19,4)6-2/h7-11H,3,5-6,12-13H2,1-2,4H3/t24-/m0/s1. The summed E-state index contributed by atoms with van der Waals surface area (Å²) in [6, 6.07) is 10.4. The molecule has 4 heterocycles. The molecule has 0 saturated heterocycles. The van der Waals surface area contributed by atoms with Crippen molar-refractivity contribution in [2.24, 2.45) is 0 Å². The molecule has 28 heavy (non-hydrogen) atoms. The second kappa shape index (κ2) is 5.81. The second-order valence-electron chi connectivity index (χ2n) is 8.00. The van der Waals surface area contributed by atoms with Gasteiger partial charge < -0.3 is 9.30 Å². The molecule has 2 aromatic heterocycles. The highest BCUT2D eigenvalue weighted by molar-refractivity contribution is 5.88. The number of aromatic nitrogens is 2. The van der Waals surface area contributed by atoms with Crippen LogP contribution in [0, 0.1) is 0 Å². The second-order valence-corrected chi connectivity index (χ2v) is 8.00. The van der Waals surface area contributed by atoms with Gasteiger partial charge >= 0.3 is 0 Å². The summed E-state index contributed by atoms with van der Waals surface area (Å²) in [6.07, 6.45) is 1.75. The molecule has 0 amide bonds. The predicted octanol–water partition coefficient (Wildman–Crippen LogP) is 4.70. The molecule has 0 fully saturated rings. The Morgan fingerprint density at radius 1 is 1.25 bits per heavy atom. The minimum Gasteiger partial charge on any atom is -0.493 e. The van der Waals surface area contributed by atoms with Crippen LogP contribution in [0.2, 0.25) is 0 Å². The summed E-state index contributed by atoms with van der Waals surface area (Å²) < 4.78 is 7.69. The van der Waals surface area contributed by atoms with Gasteiger partial charge in [0.25, 0.3) is 5.56 Å². The Morgan fingerprint density at radius 3 is 2.79 bits per heavy atom. The molecule has 1 atom stereocenters. The first kappa shape index (κ1) is 17.2. The van der Waals surface area contributed by atoms with Crippen LogP contribution >= 0.6 is 0 Å². The number of rotatable bonds is 2. The van der Waals surface area contributed by atoms with E-state index >= 15 is 0 Å². The summed E-state index contributed by atoms with van der Waals surface area (Å²) in [4.78, 5) is 18.4. The van der Waals surface area contributed by atoms with Crippen molar-refractivity contribution in [2.45, 2.75) is 52.2 Å². The fourth-order valence-corrected chi connectivity index (χ4v) is 4.79. The molecule has 142 valence electrons. The molecule has 1 aromatic carbocycles. The van der Waals surface area contributed by atoms with Crippen LogP contribution in [0.3, 0.4) is 0 Å². The Morgan fingerprint density at radius 2 is 2.04 bits per heavy atom. The van der Waals surface area contributed by atoms with E-state index < -0.39 is 0 Å². The molecular formula is C24H24N2O2. The molecule has 2 aliphatic heterocycles. The number of hydrogen-bond acceptors (Lipinski definition) is 3. The number of allylic oxidation sites excluding steroid dienone is 1. The lowest BCUT2D eigenvalue weighted by Crippen LogP contribution is -2.37. The van der Waals surface area contributed by atoms with Gasteiger partial charge in [0.1, 0.15) is 6.61 Å². The van der Waals surface area contributed by atoms with Gasteiger partial charge in [0.2, 0.25) is 0 Å². The zero-order valence-corrected chi connectivity index (χ0v) is 16.6. The number of fused-ring (bicyclic) bond motifs is 5. The third-order valence-corrected chi connectivity index (χ3v) is 6.73. The lowest BCUT2D eigenvalue weighted by molar-refractivity contribution is 0.132. The largest absolute Gasteiger partial charge is 0.493 e. The van der Waals surface area contributed by atoms with Crippen molar-refractivity contribution in [3.8, 4) is 11.4 Å². The minimum atomic E-state index is -0.352. The van der Waals surface area contributed by atoms with Gasteiger partial charge in [-0.1, -0.05) is 38.6 Å². The van der Waals surface area contributed by atoms with Crippen molar-refractivity contribution in [1.82, 2.24) is 9.55 Å². The molecule has 2 aliphatic rings. The van der Waals surface area contributed by atoms with Crippen molar-refractivity contribution in [3.05, 3.63) is 75.3 Å². The number of aryl methyl sites for hydroxylation is 1. The summed E-state index contributed by atoms with van der Waals surface area (Å²) in [5.41, 5.74) is 6.83. The fraction of sp³-hybridized carbons (Fsp3) is 0.333. The maximum atomic E-state index is 13.4. The normalized spacial score (nSPS) is 19.9. The maximum Gasteiger partial charge on any atom is 0.258 e. The van der Waals surface area contributed by atoms with Crippen LogP contribution in [0.1, 0.15) is 49.4 Å². The highest BCUT2D eigenvalue weighted by Gasteiger charge is 2.39. The minimum absolute atomic E-state index is 0.0452. The Labute approximate surface area is 164 Å². The average Bonchev–Trinajstić information content (AvgIpc) is 3.08. The highest BCUT2D eigenvalue weighted by atomic mass is 16.5. The van der Waals surface area contributed by atoms with Gasteiger partial charge in [-0.3, -0.25) is 4.79 Å². The first-order valence-electron chi connectivity index (χ1n) is 9.99. The molecule has 0 bridgehead atoms. The van der Waals surface area contributed by atoms with Crippen molar-refractivity contribution in [1.29, 1.82) is 0 Å². The van der Waals surface area contributed by atoms with Gasteiger partial charge in [-0.25, -0.2) is 4.98 Å². The summed E-state index contributed by atoms with van der Waals surface area (Å²) >= 11 is 0. The lowest BCUT2D eigenvalue weighted by atomic mass is 9.75. The molecule has 0 saturated carbocycles. The maximum absolute atomic E-state index is 13.4. The van der Waals surface area contributed by atoms with Crippen LogP contribution in [0.15, 0.2) is 47.5 Å². The molecule has 0 radical (unpaired) electrons. The average molecular weight is 372 g/mol. The van der Waals surface area contributed by atoms with Crippen molar-refractivity contribution < 1.29 is 4.74 Å². The predicted molar refractivity (Wildman–Crippen MR) is 111 cm³/mol. The Bertz CT molecular complexity index is 1220. The zero-order chi connectivity index (χ0) is 19.6. The van der Waals surface area contributed by atoms with E-state index in [1.165, 1.54) is 16.5 Å². The van der Waals surface area contributed by atoms with Crippen LogP contribution in [0.5, 0.6) is 0 Å². The fourth-order valence-electron chi connectivity index (χ4n) is 4.79. The van der Waals surface area contributed by atoms with Crippen LogP contribution in [-0.2, 0) is 29.7 Å². The molecule has 4 heteroatoms. The molecule has 0 unspecified atom stereocenters. The number of pyridine rings is 2. The van der Waals surface area contributed by atoms with Crippen LogP contribution in [0.25, 0.3) is 22.3 Å². The van der Waals surface area contributed by atoms with Gasteiger partial charge in [0.15, 0.2) is 0 Å². The van der Waals surface area contributed by atoms with E-state index in [1.807, 2.05) is 10.6 Å². The van der Waals surface area contributed by atoms with E-state index in [4.69, 9.17) is 9.72 Å². The van der Waals surface area contributed by atoms with Gasteiger partial charge in [-0.15, -0.1) is 0 Å². The Hall–Kier alpha value is -2.88. The van der Waals surface area contributed by atoms with Crippen molar-refractivity contribution in [3.63, 3.8) is 0 Å². The van der Waals surface area contributed by atoms with E-state index in [0.29, 0.717) is 13.2 Å². The molecule has 0 aliphatic carbocycles. The topological polar surface area (TPSA) is 44.1 Å². The lowest BCUT2D eigenvalue weighted by Gasteiger charge is -2.37. The van der Waals surface area contributed by atoms with Crippen LogP contribution < -0.4 is 5.56 Å². The van der Waals surface area contributed by atoms with Gasteiger partial charge in [-0.05, 0) is 43.0 Å². The number of nitrogens with zero attached hydrogens (tertiary/aromatic N) is 2. The third-order valence-electron chi connectivity index (χ3n) is 6.73. The number of ether oxygens (including phenoxy) is 1. The van der Waals surface area contributed by atoms with E-state index in [9.17, 15) is 4.79 Å². The molecule has 4 nitrogen and oxygen atoms in total. The molecule has 0 N–H and O–H groups in total. The first-order chi connectivity index (χ1) is 13.5. The monoisotopic (exact) mass is 372 g/mol. The van der Waals surface area contributed by atoms with Crippen LogP contribution in [-0.4, -0.2) is 9.55 Å². The summed E-state index contributed by atoms with van der Waals surface area (Å²) in [5.74, 6) is 0.741. The van der Waals surface area contributed by atoms with E-state index in [1.54, 1.807) is 0 Å². The molecule has 5 rings (SSSR count). The van der Waals surface area contributed by atoms with Gasteiger partial charge in [0.05, 0.1) is 34.8 Å². The van der Waals surface area contributed by atoms with E-state index in [0.717, 1.165) is 46.6 Å². The Kier molecular flexibility index (Phi) is 3.57. The number of hydrogen-bond donors (Lipinski definition) is 0. The Balaban J connectivity index is 1.84. The highest BCUT2D eigenvalue weighted by Crippen LogP contribution is 2.43. The van der Waals surface area contributed by atoms with E-state index in [-0.39, 0.29) is 11.0 Å². The molecular weight excluding hydrogens is 348 g/mol. The number of para-hydroxylation sites is 1. The van der Waals surface area contributed by atoms with E-state index in [2.05, 4.69) is 51.6 Å². The third kappa shape index (κ3) is 2.06. The quantitative estimate of drug-likeness (QED) is 0.512. The van der Waals surface area contributed by atoms with Gasteiger partial charge in [-0.2, -0.15) is 0 Å². The first-order valence-corrected chi connectivity index (χ1v) is 9.99. The van der Waals surface area contributed by atoms with Gasteiger partial charge in [0, 0.05) is 16.4 Å². The summed E-state index contributed by atoms with van der Waals surface area (Å²) in [5, 5.41) is 1.18. The zero-order valence-electron chi connectivity index (χ0n) is 16.6. The SMILES string of the molecule is C=C1OCc2c(cc3n(c2=O)Cc2c-3nc3ccccc3c2CC)[C@@]1(C)CC. The smallest absolute Gasteiger partial charge is 0.258 e. The summed E-state index contributed by atoms with van der Waals surface area (Å²) in [6.45, 7) is 11.4. The van der Waals surface area contributed by atoms with Crippen molar-refractivity contribution >= 4 is 10.9 Å². The molecule has 0 spiro atoms. The summed E-state index contributed by atoms with van der Waals surface area (Å²) in [7, 11) is 0. The van der Waals surface area contributed by atoms with Crippen LogP contribution in [0.4, 0.5) is 0 Å². The molecule has 3 aromatic rings. The van der Waals surface area contributed by atoms with Crippen molar-refractivity contribution in [2.75, 3.05) is 0 Å².